The number of ether oxygens (including phenoxy) is 1. The van der Waals surface area contributed by atoms with Crippen LogP contribution in [0, 0.1) is 12.1 Å². The smallest absolute Gasteiger partial charge is 0.199 e. The standard InChI is InChI=1S/C10H14ClNO2/c1-8-6-9(4-3-5-14-2)12(13)7-10(8)11/h6-7H,3-5H2,1-2H3. The number of halogens is 1. The molecule has 0 saturated carbocycles. The minimum Gasteiger partial charge on any atom is -0.618 e. The van der Waals surface area contributed by atoms with Crippen molar-refractivity contribution in [3.63, 3.8) is 0 Å². The molecule has 0 radical (unpaired) electrons. The number of methoxy groups -OCH3 is 1. The first-order valence-electron chi connectivity index (χ1n) is 4.52. The molecule has 0 aliphatic rings. The van der Waals surface area contributed by atoms with Crippen molar-refractivity contribution in [3.8, 4) is 0 Å². The van der Waals surface area contributed by atoms with Gasteiger partial charge in [0.15, 0.2) is 11.9 Å². The minimum atomic E-state index is 0.510. The van der Waals surface area contributed by atoms with E-state index in [4.69, 9.17) is 16.3 Å². The lowest BCUT2D eigenvalue weighted by Crippen LogP contribution is -2.31. The number of aromatic nitrogens is 1. The molecule has 0 atom stereocenters. The highest BCUT2D eigenvalue weighted by atomic mass is 35.5. The van der Waals surface area contributed by atoms with E-state index in [1.807, 2.05) is 13.0 Å². The number of pyridine rings is 1. The summed E-state index contributed by atoms with van der Waals surface area (Å²) in [6.07, 6.45) is 2.97. The molecule has 0 fully saturated rings. The first-order chi connectivity index (χ1) is 6.65. The summed E-state index contributed by atoms with van der Waals surface area (Å²) in [5.41, 5.74) is 1.68. The predicted molar refractivity (Wildman–Crippen MR) is 55.3 cm³/mol. The van der Waals surface area contributed by atoms with E-state index < -0.39 is 0 Å². The SMILES string of the molecule is COCCCc1cc(C)c(Cl)c[n+]1[O-]. The second-order valence-electron chi connectivity index (χ2n) is 3.22. The van der Waals surface area contributed by atoms with E-state index in [-0.39, 0.29) is 0 Å². The Morgan fingerprint density at radius 3 is 2.93 bits per heavy atom. The Kier molecular flexibility index (Phi) is 4.17. The third-order valence-corrected chi connectivity index (χ3v) is 2.45. The molecule has 78 valence electrons. The molecule has 1 heterocycles. The predicted octanol–water partition coefficient (Wildman–Crippen LogP) is 1.86. The Morgan fingerprint density at radius 2 is 2.29 bits per heavy atom. The third-order valence-electron chi connectivity index (χ3n) is 2.05. The van der Waals surface area contributed by atoms with Gasteiger partial charge in [0.2, 0.25) is 0 Å². The molecule has 14 heavy (non-hydrogen) atoms. The van der Waals surface area contributed by atoms with Crippen LogP contribution in [0.3, 0.4) is 0 Å². The van der Waals surface area contributed by atoms with Gasteiger partial charge in [0, 0.05) is 26.2 Å². The molecule has 1 aromatic rings. The lowest BCUT2D eigenvalue weighted by molar-refractivity contribution is -0.614. The highest BCUT2D eigenvalue weighted by Gasteiger charge is 2.08. The van der Waals surface area contributed by atoms with Crippen LogP contribution in [0.15, 0.2) is 12.3 Å². The van der Waals surface area contributed by atoms with Crippen molar-refractivity contribution < 1.29 is 9.47 Å². The lowest BCUT2D eigenvalue weighted by atomic mass is 10.2. The fourth-order valence-corrected chi connectivity index (χ4v) is 1.39. The van der Waals surface area contributed by atoms with E-state index in [9.17, 15) is 5.21 Å². The van der Waals surface area contributed by atoms with E-state index in [1.54, 1.807) is 7.11 Å². The first-order valence-corrected chi connectivity index (χ1v) is 4.90. The molecule has 0 aliphatic heterocycles. The van der Waals surface area contributed by atoms with E-state index in [0.29, 0.717) is 11.6 Å². The first kappa shape index (κ1) is 11.3. The molecule has 0 bridgehead atoms. The molecular weight excluding hydrogens is 202 g/mol. The average molecular weight is 216 g/mol. The largest absolute Gasteiger partial charge is 0.618 e. The van der Waals surface area contributed by atoms with Crippen LogP contribution in [0.4, 0.5) is 0 Å². The fraction of sp³-hybridized carbons (Fsp3) is 0.500. The van der Waals surface area contributed by atoms with Gasteiger partial charge >= 0.3 is 0 Å². The van der Waals surface area contributed by atoms with E-state index in [0.717, 1.165) is 28.8 Å². The molecule has 0 unspecified atom stereocenters. The van der Waals surface area contributed by atoms with Crippen molar-refractivity contribution in [2.75, 3.05) is 13.7 Å². The second kappa shape index (κ2) is 5.17. The van der Waals surface area contributed by atoms with Crippen LogP contribution in [-0.2, 0) is 11.2 Å². The van der Waals surface area contributed by atoms with Gasteiger partial charge in [0.1, 0.15) is 5.02 Å². The molecule has 0 N–H and O–H groups in total. The summed E-state index contributed by atoms with van der Waals surface area (Å²) in [6, 6.07) is 1.82. The summed E-state index contributed by atoms with van der Waals surface area (Å²) in [7, 11) is 1.65. The zero-order valence-electron chi connectivity index (χ0n) is 8.42. The summed E-state index contributed by atoms with van der Waals surface area (Å²) in [4.78, 5) is 0. The van der Waals surface area contributed by atoms with Crippen molar-refractivity contribution in [1.82, 2.24) is 0 Å². The van der Waals surface area contributed by atoms with Crippen LogP contribution in [0.5, 0.6) is 0 Å². The maximum atomic E-state index is 11.4. The molecule has 0 spiro atoms. The number of aryl methyl sites for hydroxylation is 2. The molecule has 0 aromatic carbocycles. The molecule has 0 aliphatic carbocycles. The second-order valence-corrected chi connectivity index (χ2v) is 3.63. The summed E-state index contributed by atoms with van der Waals surface area (Å²) in [6.45, 7) is 2.56. The Hall–Kier alpha value is -0.800. The molecule has 1 aromatic heterocycles. The third kappa shape index (κ3) is 2.86. The van der Waals surface area contributed by atoms with Crippen LogP contribution < -0.4 is 4.73 Å². The quantitative estimate of drug-likeness (QED) is 0.437. The van der Waals surface area contributed by atoms with E-state index >= 15 is 0 Å². The normalized spacial score (nSPS) is 10.5. The van der Waals surface area contributed by atoms with Gasteiger partial charge in [0.25, 0.3) is 0 Å². The van der Waals surface area contributed by atoms with Crippen molar-refractivity contribution in [1.29, 1.82) is 0 Å². The van der Waals surface area contributed by atoms with Crippen molar-refractivity contribution in [3.05, 3.63) is 33.8 Å². The van der Waals surface area contributed by atoms with Crippen LogP contribution in [0.25, 0.3) is 0 Å². The molecule has 3 nitrogen and oxygen atoms in total. The van der Waals surface area contributed by atoms with Gasteiger partial charge in [0.05, 0.1) is 0 Å². The highest BCUT2D eigenvalue weighted by Crippen LogP contribution is 2.13. The summed E-state index contributed by atoms with van der Waals surface area (Å²) in [5, 5.41) is 11.9. The van der Waals surface area contributed by atoms with Crippen molar-refractivity contribution in [2.24, 2.45) is 0 Å². The van der Waals surface area contributed by atoms with Crippen molar-refractivity contribution in [2.45, 2.75) is 19.8 Å². The zero-order valence-corrected chi connectivity index (χ0v) is 9.17. The van der Waals surface area contributed by atoms with Crippen LogP contribution in [0.2, 0.25) is 5.02 Å². The average Bonchev–Trinajstić information content (AvgIpc) is 2.14. The summed E-state index contributed by atoms with van der Waals surface area (Å²) >= 11 is 5.80. The van der Waals surface area contributed by atoms with Gasteiger partial charge in [-0.15, -0.1) is 0 Å². The highest BCUT2D eigenvalue weighted by molar-refractivity contribution is 6.31. The molecule has 0 amide bonds. The van der Waals surface area contributed by atoms with Gasteiger partial charge in [-0.1, -0.05) is 11.6 Å². The fourth-order valence-electron chi connectivity index (χ4n) is 1.25. The van der Waals surface area contributed by atoms with Gasteiger partial charge in [-0.3, -0.25) is 0 Å². The van der Waals surface area contributed by atoms with E-state index in [1.165, 1.54) is 6.20 Å². The van der Waals surface area contributed by atoms with Crippen molar-refractivity contribution >= 4 is 11.6 Å². The van der Waals surface area contributed by atoms with Gasteiger partial charge in [-0.25, -0.2) is 0 Å². The van der Waals surface area contributed by atoms with E-state index in [2.05, 4.69) is 0 Å². The Balaban J connectivity index is 2.72. The number of rotatable bonds is 4. The number of nitrogens with zero attached hydrogens (tertiary/aromatic N) is 1. The monoisotopic (exact) mass is 215 g/mol. The molecule has 1 rings (SSSR count). The maximum Gasteiger partial charge on any atom is 0.199 e. The summed E-state index contributed by atoms with van der Waals surface area (Å²) < 4.78 is 5.74. The van der Waals surface area contributed by atoms with Crippen LogP contribution in [0.1, 0.15) is 17.7 Å². The number of hydrogen-bond donors (Lipinski definition) is 0. The molecule has 0 saturated heterocycles. The molecular formula is C10H14ClNO2. The Morgan fingerprint density at radius 1 is 1.57 bits per heavy atom. The van der Waals surface area contributed by atoms with Crippen LogP contribution >= 0.6 is 11.6 Å². The van der Waals surface area contributed by atoms with Gasteiger partial charge in [-0.05, 0) is 18.9 Å². The topological polar surface area (TPSA) is 36.2 Å². The molecule has 4 heteroatoms. The zero-order chi connectivity index (χ0) is 10.6. The van der Waals surface area contributed by atoms with Gasteiger partial charge < -0.3 is 9.94 Å². The Labute approximate surface area is 88.9 Å². The minimum absolute atomic E-state index is 0.510. The lowest BCUT2D eigenvalue weighted by Gasteiger charge is -2.06. The number of hydrogen-bond acceptors (Lipinski definition) is 2. The summed E-state index contributed by atoms with van der Waals surface area (Å²) in [5.74, 6) is 0. The Bertz CT molecular complexity index is 315. The van der Waals surface area contributed by atoms with Crippen LogP contribution in [-0.4, -0.2) is 13.7 Å². The maximum absolute atomic E-state index is 11.4. The van der Waals surface area contributed by atoms with Gasteiger partial charge in [-0.2, -0.15) is 4.73 Å².